The van der Waals surface area contributed by atoms with Crippen LogP contribution < -0.4 is 9.80 Å². The van der Waals surface area contributed by atoms with Gasteiger partial charge in [0, 0.05) is 45.1 Å². The van der Waals surface area contributed by atoms with Gasteiger partial charge in [0.15, 0.2) is 0 Å². The number of carbonyl (C=O) groups is 1. The van der Waals surface area contributed by atoms with E-state index in [1.54, 1.807) is 0 Å². The highest BCUT2D eigenvalue weighted by Crippen LogP contribution is 2.39. The summed E-state index contributed by atoms with van der Waals surface area (Å²) in [6, 6.07) is 26.1. The minimum absolute atomic E-state index is 0.0461. The summed E-state index contributed by atoms with van der Waals surface area (Å²) in [6.07, 6.45) is 8.89. The largest absolute Gasteiger partial charge is 0.460 e. The number of hydrogen-bond donors (Lipinski definition) is 0. The molecule has 2 atom stereocenters. The summed E-state index contributed by atoms with van der Waals surface area (Å²) < 4.78 is 6.13. The molecule has 230 valence electrons. The molecule has 0 radical (unpaired) electrons. The Morgan fingerprint density at radius 1 is 0.795 bits per heavy atom. The van der Waals surface area contributed by atoms with E-state index in [4.69, 9.17) is 9.73 Å². The van der Waals surface area contributed by atoms with Gasteiger partial charge >= 0.3 is 5.97 Å². The van der Waals surface area contributed by atoms with Gasteiger partial charge in [-0.15, -0.1) is 0 Å². The Morgan fingerprint density at radius 3 is 1.89 bits per heavy atom. The Hall–Kier alpha value is -4.12. The van der Waals surface area contributed by atoms with Crippen molar-refractivity contribution in [2.75, 3.05) is 38.0 Å². The lowest BCUT2D eigenvalue weighted by Gasteiger charge is -2.32. The maximum atomic E-state index is 13.0. The average molecular weight is 590 g/mol. The smallest absolute Gasteiger partial charge is 0.311 e. The Morgan fingerprint density at radius 2 is 1.34 bits per heavy atom. The normalized spacial score (nSPS) is 19.0. The Bertz CT molecular complexity index is 1510. The van der Waals surface area contributed by atoms with Gasteiger partial charge in [-0.25, -0.2) is 0 Å². The van der Waals surface area contributed by atoms with E-state index in [2.05, 4.69) is 123 Å². The van der Waals surface area contributed by atoms with E-state index in [1.807, 2.05) is 20.8 Å². The van der Waals surface area contributed by atoms with Crippen LogP contribution in [-0.4, -0.2) is 52.0 Å². The number of fused-ring (bicyclic) bond motifs is 1. The van der Waals surface area contributed by atoms with Gasteiger partial charge in [-0.2, -0.15) is 0 Å². The second-order valence-corrected chi connectivity index (χ2v) is 13.1. The summed E-state index contributed by atoms with van der Waals surface area (Å²) in [5, 5.41) is 0. The first-order valence-electron chi connectivity index (χ1n) is 16.0. The topological polar surface area (TPSA) is 45.1 Å². The molecule has 5 rings (SSSR count). The van der Waals surface area contributed by atoms with E-state index in [9.17, 15) is 4.79 Å². The summed E-state index contributed by atoms with van der Waals surface area (Å²) in [6.45, 7) is 5.97. The lowest BCUT2D eigenvalue weighted by atomic mass is 9.83. The molecule has 2 unspecified atom stereocenters. The van der Waals surface area contributed by atoms with Crippen molar-refractivity contribution >= 4 is 34.2 Å². The van der Waals surface area contributed by atoms with Crippen LogP contribution in [0, 0.1) is 5.41 Å². The predicted molar refractivity (Wildman–Crippen MR) is 186 cm³/mol. The SMILES string of the molecule is CCC(C)(C)C(=O)OC1CCCCC1N=C1C=CC(=C(c2ccc(N(C)C)cc2)c2ccc(N(C)C)cc2)c2ccccc21. The molecule has 0 aliphatic heterocycles. The van der Waals surface area contributed by atoms with Crippen LogP contribution in [0.3, 0.4) is 0 Å². The molecule has 44 heavy (non-hydrogen) atoms. The molecule has 0 aromatic heterocycles. The van der Waals surface area contributed by atoms with Gasteiger partial charge in [-0.3, -0.25) is 9.79 Å². The number of benzene rings is 3. The third-order valence-corrected chi connectivity index (χ3v) is 9.18. The fraction of sp³-hybridized carbons (Fsp3) is 0.385. The number of carbonyl (C=O) groups excluding carboxylic acids is 1. The number of ether oxygens (including phenoxy) is 1. The molecule has 3 aromatic rings. The molecule has 2 aliphatic carbocycles. The van der Waals surface area contributed by atoms with Crippen LogP contribution in [0.15, 0.2) is 89.9 Å². The van der Waals surface area contributed by atoms with Crippen molar-refractivity contribution in [2.45, 2.75) is 65.0 Å². The summed E-state index contributed by atoms with van der Waals surface area (Å²) >= 11 is 0. The molecule has 0 bridgehead atoms. The highest BCUT2D eigenvalue weighted by molar-refractivity contribution is 6.19. The van der Waals surface area contributed by atoms with Gasteiger partial charge in [0.05, 0.1) is 17.2 Å². The zero-order chi connectivity index (χ0) is 31.4. The van der Waals surface area contributed by atoms with E-state index in [-0.39, 0.29) is 18.1 Å². The fourth-order valence-electron chi connectivity index (χ4n) is 5.93. The van der Waals surface area contributed by atoms with E-state index in [0.29, 0.717) is 0 Å². The van der Waals surface area contributed by atoms with E-state index in [1.165, 1.54) is 33.6 Å². The van der Waals surface area contributed by atoms with Gasteiger partial charge < -0.3 is 14.5 Å². The Kier molecular flexibility index (Phi) is 9.43. The maximum absolute atomic E-state index is 13.0. The number of hydrogen-bond acceptors (Lipinski definition) is 5. The van der Waals surface area contributed by atoms with Gasteiger partial charge in [0.1, 0.15) is 6.10 Å². The summed E-state index contributed by atoms with van der Waals surface area (Å²) in [7, 11) is 8.27. The third-order valence-electron chi connectivity index (χ3n) is 9.18. The van der Waals surface area contributed by atoms with Crippen LogP contribution in [0.4, 0.5) is 11.4 Å². The summed E-state index contributed by atoms with van der Waals surface area (Å²) in [4.78, 5) is 22.6. The first-order chi connectivity index (χ1) is 21.1. The number of rotatable bonds is 8. The zero-order valence-corrected chi connectivity index (χ0v) is 27.4. The summed E-state index contributed by atoms with van der Waals surface area (Å²) in [5.41, 5.74) is 9.77. The van der Waals surface area contributed by atoms with Crippen LogP contribution in [0.25, 0.3) is 11.1 Å². The minimum atomic E-state index is -0.488. The van der Waals surface area contributed by atoms with E-state index >= 15 is 0 Å². The van der Waals surface area contributed by atoms with Crippen LogP contribution in [0.1, 0.15) is 75.1 Å². The third kappa shape index (κ3) is 6.67. The standard InChI is InChI=1S/C39H47N3O2/c1-8-39(2,3)38(43)44-36-16-12-11-15-35(36)40-34-26-25-33(31-13-9-10-14-32(31)34)37(27-17-21-29(22-18-27)41(4)5)28-19-23-30(24-20-28)42(6)7/h9-10,13-14,17-26,35-36H,8,11-12,15-16H2,1-7H3. The number of allylic oxidation sites excluding steroid dienone is 3. The molecule has 5 nitrogen and oxygen atoms in total. The van der Waals surface area contributed by atoms with Gasteiger partial charge in [-0.05, 0) is 97.7 Å². The average Bonchev–Trinajstić information content (AvgIpc) is 3.03. The molecule has 0 heterocycles. The zero-order valence-electron chi connectivity index (χ0n) is 27.4. The molecule has 0 saturated heterocycles. The van der Waals surface area contributed by atoms with E-state index < -0.39 is 5.41 Å². The maximum Gasteiger partial charge on any atom is 0.311 e. The van der Waals surface area contributed by atoms with Crippen molar-refractivity contribution in [1.29, 1.82) is 0 Å². The highest BCUT2D eigenvalue weighted by atomic mass is 16.5. The molecule has 2 aliphatic rings. The molecule has 0 spiro atoms. The minimum Gasteiger partial charge on any atom is -0.460 e. The number of anilines is 2. The lowest BCUT2D eigenvalue weighted by molar-refractivity contribution is -0.162. The first kappa shape index (κ1) is 31.3. The Balaban J connectivity index is 1.59. The first-order valence-corrected chi connectivity index (χ1v) is 16.0. The fourth-order valence-corrected chi connectivity index (χ4v) is 5.93. The van der Waals surface area contributed by atoms with Crippen molar-refractivity contribution < 1.29 is 9.53 Å². The molecular weight excluding hydrogens is 542 g/mol. The van der Waals surface area contributed by atoms with Crippen LogP contribution in [-0.2, 0) is 9.53 Å². The van der Waals surface area contributed by atoms with Gasteiger partial charge in [0.2, 0.25) is 0 Å². The molecule has 3 aromatic carbocycles. The Labute approximate surface area is 264 Å². The predicted octanol–water partition coefficient (Wildman–Crippen LogP) is 8.43. The van der Waals surface area contributed by atoms with Crippen molar-refractivity contribution in [2.24, 2.45) is 10.4 Å². The van der Waals surface area contributed by atoms with Crippen molar-refractivity contribution in [3.8, 4) is 0 Å². The molecule has 5 heteroatoms. The number of aliphatic imine (C=N–C) groups is 1. The van der Waals surface area contributed by atoms with Crippen LogP contribution in [0.5, 0.6) is 0 Å². The number of esters is 1. The molecule has 0 N–H and O–H groups in total. The molecule has 1 fully saturated rings. The number of nitrogens with zero attached hydrogens (tertiary/aromatic N) is 3. The molecule has 0 amide bonds. The van der Waals surface area contributed by atoms with Crippen LogP contribution in [0.2, 0.25) is 0 Å². The van der Waals surface area contributed by atoms with E-state index in [0.717, 1.165) is 48.9 Å². The van der Waals surface area contributed by atoms with Gasteiger partial charge in [0.25, 0.3) is 0 Å². The van der Waals surface area contributed by atoms with Crippen molar-refractivity contribution in [1.82, 2.24) is 0 Å². The quantitative estimate of drug-likeness (QED) is 0.248. The van der Waals surface area contributed by atoms with Gasteiger partial charge in [-0.1, -0.05) is 68.0 Å². The van der Waals surface area contributed by atoms with Crippen molar-refractivity contribution in [3.63, 3.8) is 0 Å². The lowest BCUT2D eigenvalue weighted by Crippen LogP contribution is -2.38. The van der Waals surface area contributed by atoms with Crippen molar-refractivity contribution in [3.05, 3.63) is 107 Å². The monoisotopic (exact) mass is 589 g/mol. The van der Waals surface area contributed by atoms with Crippen LogP contribution >= 0.6 is 0 Å². The molecule has 1 saturated carbocycles. The molecular formula is C39H47N3O2. The second kappa shape index (κ2) is 13.3. The second-order valence-electron chi connectivity index (χ2n) is 13.1. The highest BCUT2D eigenvalue weighted by Gasteiger charge is 2.34. The summed E-state index contributed by atoms with van der Waals surface area (Å²) in [5.74, 6) is -0.118.